The molecule has 0 aliphatic rings. The third kappa shape index (κ3) is 6.42. The van der Waals surface area contributed by atoms with Gasteiger partial charge in [-0.3, -0.25) is 19.3 Å². The number of hydrogen-bond acceptors (Lipinski definition) is 4. The molecule has 5 rings (SSSR count). The van der Waals surface area contributed by atoms with Crippen molar-refractivity contribution in [1.29, 1.82) is 0 Å². The third-order valence-corrected chi connectivity index (χ3v) is 6.74. The molecule has 43 heavy (non-hydrogen) atoms. The number of aromatic nitrogens is 3. The summed E-state index contributed by atoms with van der Waals surface area (Å²) >= 11 is 0. The molecule has 220 valence electrons. The number of rotatable bonds is 8. The van der Waals surface area contributed by atoms with E-state index in [0.29, 0.717) is 17.2 Å². The zero-order valence-electron chi connectivity index (χ0n) is 22.4. The van der Waals surface area contributed by atoms with Crippen LogP contribution in [0.2, 0.25) is 0 Å². The molecule has 1 N–H and O–H groups in total. The van der Waals surface area contributed by atoms with E-state index in [9.17, 15) is 35.9 Å². The second-order valence-electron chi connectivity index (χ2n) is 9.81. The van der Waals surface area contributed by atoms with Gasteiger partial charge in [0, 0.05) is 23.2 Å². The number of hydrogen-bond donors (Lipinski definition) is 1. The Morgan fingerprint density at radius 2 is 1.65 bits per heavy atom. The van der Waals surface area contributed by atoms with Crippen molar-refractivity contribution in [2.75, 3.05) is 0 Å². The summed E-state index contributed by atoms with van der Waals surface area (Å²) in [6.07, 6.45) is -3.52. The number of Topliss-reactive ketones (excluding diaryl/α,β-unsaturated/α-hetero) is 1. The van der Waals surface area contributed by atoms with Crippen LogP contribution in [0.15, 0.2) is 79.0 Å². The Bertz CT molecular complexity index is 1830. The molecule has 1 atom stereocenters. The van der Waals surface area contributed by atoms with Crippen LogP contribution in [0.5, 0.6) is 0 Å². The molecule has 0 bridgehead atoms. The van der Waals surface area contributed by atoms with E-state index in [1.165, 1.54) is 49.5 Å². The zero-order chi connectivity index (χ0) is 30.9. The zero-order valence-corrected chi connectivity index (χ0v) is 22.4. The van der Waals surface area contributed by atoms with Gasteiger partial charge in [-0.25, -0.2) is 13.2 Å². The van der Waals surface area contributed by atoms with Crippen molar-refractivity contribution in [3.8, 4) is 11.1 Å². The number of carbonyl (C=O) groups excluding carboxylic acids is 2. The second-order valence-corrected chi connectivity index (χ2v) is 9.81. The lowest BCUT2D eigenvalue weighted by Gasteiger charge is -2.22. The van der Waals surface area contributed by atoms with Crippen molar-refractivity contribution in [2.45, 2.75) is 32.1 Å². The van der Waals surface area contributed by atoms with E-state index in [2.05, 4.69) is 15.4 Å². The maximum Gasteiger partial charge on any atom is 0.435 e. The highest BCUT2D eigenvalue weighted by Crippen LogP contribution is 2.34. The topological polar surface area (TPSA) is 76.9 Å². The number of halogens is 6. The van der Waals surface area contributed by atoms with E-state index in [4.69, 9.17) is 0 Å². The minimum atomic E-state index is -4.76. The molecule has 0 fully saturated rings. The smallest absolute Gasteiger partial charge is 0.346 e. The molecule has 2 aromatic heterocycles. The van der Waals surface area contributed by atoms with E-state index >= 15 is 0 Å². The van der Waals surface area contributed by atoms with Gasteiger partial charge < -0.3 is 5.32 Å². The lowest BCUT2D eigenvalue weighted by Crippen LogP contribution is -2.34. The SMILES string of the molecule is CC(=O)c1cc(-c2cccnc2[C@H](Cc2cc(F)cc(F)c2)NC(=O)Cn2nc(C(F)(F)F)c3ccccc32)ccc1F. The Hall–Kier alpha value is -5.00. The first-order valence-electron chi connectivity index (χ1n) is 12.9. The van der Waals surface area contributed by atoms with Gasteiger partial charge in [-0.15, -0.1) is 0 Å². The van der Waals surface area contributed by atoms with E-state index in [0.717, 1.165) is 22.9 Å². The summed E-state index contributed by atoms with van der Waals surface area (Å²) in [5.74, 6) is -3.72. The molecule has 3 aromatic carbocycles. The van der Waals surface area contributed by atoms with E-state index in [1.54, 1.807) is 12.1 Å². The molecule has 1 amide bonds. The summed E-state index contributed by atoms with van der Waals surface area (Å²) in [4.78, 5) is 29.7. The fourth-order valence-electron chi connectivity index (χ4n) is 4.92. The minimum Gasteiger partial charge on any atom is -0.346 e. The molecule has 0 radical (unpaired) electrons. The van der Waals surface area contributed by atoms with Crippen molar-refractivity contribution < 1.29 is 35.9 Å². The summed E-state index contributed by atoms with van der Waals surface area (Å²) in [5, 5.41) is 6.17. The second kappa shape index (κ2) is 11.7. The van der Waals surface area contributed by atoms with Crippen LogP contribution >= 0.6 is 0 Å². The Morgan fingerprint density at radius 3 is 2.35 bits per heavy atom. The standard InChI is InChI=1S/C31H22F6N4O2/c1-17(42)24-14-19(8-9-25(24)34)22-6-4-10-38-29(22)26(13-18-11-20(32)15-21(33)12-18)39-28(43)16-41-27-7-3-2-5-23(27)30(40-41)31(35,36)37/h2-12,14-15,26H,13,16H2,1H3,(H,39,43)/t26-/m0/s1. The number of amides is 1. The molecule has 0 spiro atoms. The van der Waals surface area contributed by atoms with Crippen molar-refractivity contribution in [3.05, 3.63) is 119 Å². The summed E-state index contributed by atoms with van der Waals surface area (Å²) in [6, 6.07) is 14.4. The molecule has 0 saturated heterocycles. The van der Waals surface area contributed by atoms with Gasteiger partial charge in [-0.1, -0.05) is 30.3 Å². The molecule has 6 nitrogen and oxygen atoms in total. The number of para-hydroxylation sites is 1. The van der Waals surface area contributed by atoms with E-state index < -0.39 is 53.6 Å². The molecule has 2 heterocycles. The third-order valence-electron chi connectivity index (χ3n) is 6.74. The first kappa shape index (κ1) is 29.5. The molecule has 0 unspecified atom stereocenters. The highest BCUT2D eigenvalue weighted by Gasteiger charge is 2.37. The van der Waals surface area contributed by atoms with Gasteiger partial charge in [0.1, 0.15) is 24.0 Å². The van der Waals surface area contributed by atoms with Crippen LogP contribution in [0.25, 0.3) is 22.0 Å². The molecule has 0 aliphatic heterocycles. The van der Waals surface area contributed by atoms with E-state index in [-0.39, 0.29) is 34.1 Å². The summed E-state index contributed by atoms with van der Waals surface area (Å²) < 4.78 is 84.2. The normalized spacial score (nSPS) is 12.3. The predicted octanol–water partition coefficient (Wildman–Crippen LogP) is 6.84. The van der Waals surface area contributed by atoms with Crippen LogP contribution in [-0.4, -0.2) is 26.5 Å². The highest BCUT2D eigenvalue weighted by molar-refractivity contribution is 5.95. The van der Waals surface area contributed by atoms with Crippen LogP contribution in [0, 0.1) is 17.5 Å². The molecular weight excluding hydrogens is 574 g/mol. The number of pyridine rings is 1. The number of nitrogens with one attached hydrogen (secondary N) is 1. The van der Waals surface area contributed by atoms with Gasteiger partial charge in [-0.2, -0.15) is 18.3 Å². The van der Waals surface area contributed by atoms with Crippen molar-refractivity contribution >= 4 is 22.6 Å². The number of fused-ring (bicyclic) bond motifs is 1. The lowest BCUT2D eigenvalue weighted by atomic mass is 9.94. The lowest BCUT2D eigenvalue weighted by molar-refractivity contribution is -0.140. The Kier molecular flexibility index (Phi) is 8.03. The van der Waals surface area contributed by atoms with Gasteiger partial charge in [-0.05, 0) is 60.9 Å². The fourth-order valence-corrected chi connectivity index (χ4v) is 4.92. The van der Waals surface area contributed by atoms with Gasteiger partial charge in [0.05, 0.1) is 22.8 Å². The molecule has 0 saturated carbocycles. The van der Waals surface area contributed by atoms with E-state index in [1.807, 2.05) is 0 Å². The molecule has 5 aromatic rings. The van der Waals surface area contributed by atoms with Crippen LogP contribution in [0.4, 0.5) is 26.3 Å². The summed E-state index contributed by atoms with van der Waals surface area (Å²) in [7, 11) is 0. The number of alkyl halides is 3. The largest absolute Gasteiger partial charge is 0.435 e. The van der Waals surface area contributed by atoms with Crippen molar-refractivity contribution in [1.82, 2.24) is 20.1 Å². The summed E-state index contributed by atoms with van der Waals surface area (Å²) in [5.41, 5.74) is -0.105. The van der Waals surface area contributed by atoms with Crippen molar-refractivity contribution in [2.24, 2.45) is 0 Å². The highest BCUT2D eigenvalue weighted by atomic mass is 19.4. The first-order chi connectivity index (χ1) is 20.4. The summed E-state index contributed by atoms with van der Waals surface area (Å²) in [6.45, 7) is 0.592. The number of benzene rings is 3. The van der Waals surface area contributed by atoms with Gasteiger partial charge in [0.2, 0.25) is 5.91 Å². The Balaban J connectivity index is 1.54. The molecular formula is C31H22F6N4O2. The van der Waals surface area contributed by atoms with Gasteiger partial charge in [0.15, 0.2) is 11.5 Å². The number of nitrogens with zero attached hydrogens (tertiary/aromatic N) is 3. The monoisotopic (exact) mass is 596 g/mol. The van der Waals surface area contributed by atoms with Gasteiger partial charge in [0.25, 0.3) is 0 Å². The maximum absolute atomic E-state index is 14.3. The maximum atomic E-state index is 14.3. The Labute approximate surface area is 241 Å². The Morgan fingerprint density at radius 1 is 0.930 bits per heavy atom. The fraction of sp³-hybridized carbons (Fsp3) is 0.161. The molecule has 0 aliphatic carbocycles. The predicted molar refractivity (Wildman–Crippen MR) is 145 cm³/mol. The van der Waals surface area contributed by atoms with Crippen LogP contribution < -0.4 is 5.32 Å². The first-order valence-corrected chi connectivity index (χ1v) is 12.9. The average Bonchev–Trinajstić information content (AvgIpc) is 3.31. The minimum absolute atomic E-state index is 0.0790. The quantitative estimate of drug-likeness (QED) is 0.157. The average molecular weight is 597 g/mol. The van der Waals surface area contributed by atoms with Crippen molar-refractivity contribution in [3.63, 3.8) is 0 Å². The van der Waals surface area contributed by atoms with Crippen LogP contribution in [-0.2, 0) is 23.9 Å². The van der Waals surface area contributed by atoms with Crippen LogP contribution in [0.1, 0.15) is 40.3 Å². The number of carbonyl (C=O) groups is 2. The van der Waals surface area contributed by atoms with Crippen LogP contribution in [0.3, 0.4) is 0 Å². The number of ketones is 1. The molecule has 12 heteroatoms. The van der Waals surface area contributed by atoms with Gasteiger partial charge >= 0.3 is 6.18 Å².